The van der Waals surface area contributed by atoms with Gasteiger partial charge in [-0.25, -0.2) is 9.67 Å². The number of benzene rings is 1. The fourth-order valence-electron chi connectivity index (χ4n) is 2.27. The first-order valence-electron chi connectivity index (χ1n) is 7.09. The fourth-order valence-corrected chi connectivity index (χ4v) is 2.27. The molecule has 0 aliphatic rings. The maximum absolute atomic E-state index is 13.0. The van der Waals surface area contributed by atoms with Crippen molar-refractivity contribution in [2.75, 3.05) is 0 Å². The number of halogens is 9. The smallest absolute Gasteiger partial charge is 0.276 e. The standard InChI is InChI=1S/C14H6F9N5/c15-12(16,17)7-1-6(2-8(3-7)13(18,19)20)10-9(4-25-26-10)28-5-24-11(27-28)14(21,22)23/h1-5H,(H,25,26). The average Bonchev–Trinajstić information content (AvgIpc) is 3.21. The summed E-state index contributed by atoms with van der Waals surface area (Å²) in [4.78, 5) is 3.02. The van der Waals surface area contributed by atoms with Crippen molar-refractivity contribution in [3.8, 4) is 16.9 Å². The van der Waals surface area contributed by atoms with Gasteiger partial charge in [0.2, 0.25) is 0 Å². The van der Waals surface area contributed by atoms with E-state index in [0.29, 0.717) is 23.1 Å². The molecule has 0 atom stereocenters. The van der Waals surface area contributed by atoms with Crippen LogP contribution in [0.5, 0.6) is 0 Å². The topological polar surface area (TPSA) is 59.4 Å². The van der Waals surface area contributed by atoms with Crippen molar-refractivity contribution in [2.24, 2.45) is 0 Å². The summed E-state index contributed by atoms with van der Waals surface area (Å²) in [5, 5.41) is 8.77. The van der Waals surface area contributed by atoms with Gasteiger partial charge in [-0.2, -0.15) is 44.6 Å². The number of nitrogens with zero attached hydrogens (tertiary/aromatic N) is 4. The first-order chi connectivity index (χ1) is 12.8. The van der Waals surface area contributed by atoms with Gasteiger partial charge >= 0.3 is 18.5 Å². The Hall–Kier alpha value is -3.06. The van der Waals surface area contributed by atoms with Crippen molar-refractivity contribution in [2.45, 2.75) is 18.5 Å². The largest absolute Gasteiger partial charge is 0.453 e. The minimum absolute atomic E-state index is 0.0727. The summed E-state index contributed by atoms with van der Waals surface area (Å²) in [5.41, 5.74) is -4.51. The molecule has 0 saturated heterocycles. The molecule has 0 saturated carbocycles. The second-order valence-corrected chi connectivity index (χ2v) is 5.44. The van der Waals surface area contributed by atoms with Crippen LogP contribution in [0.3, 0.4) is 0 Å². The van der Waals surface area contributed by atoms with Crippen LogP contribution in [0, 0.1) is 0 Å². The van der Waals surface area contributed by atoms with Gasteiger partial charge in [-0.15, -0.1) is 5.10 Å². The molecule has 0 fully saturated rings. The van der Waals surface area contributed by atoms with Gasteiger partial charge in [0.1, 0.15) is 12.0 Å². The van der Waals surface area contributed by atoms with Crippen LogP contribution >= 0.6 is 0 Å². The summed E-state index contributed by atoms with van der Waals surface area (Å²) >= 11 is 0. The summed E-state index contributed by atoms with van der Waals surface area (Å²) in [6.45, 7) is 0. The normalized spacial score (nSPS) is 13.2. The van der Waals surface area contributed by atoms with E-state index in [1.807, 2.05) is 0 Å². The minimum Gasteiger partial charge on any atom is -0.276 e. The molecule has 0 aliphatic heterocycles. The van der Waals surface area contributed by atoms with E-state index in [9.17, 15) is 39.5 Å². The van der Waals surface area contributed by atoms with Crippen LogP contribution in [0.4, 0.5) is 39.5 Å². The molecule has 150 valence electrons. The van der Waals surface area contributed by atoms with E-state index in [1.165, 1.54) is 0 Å². The van der Waals surface area contributed by atoms with Crippen molar-refractivity contribution in [3.05, 3.63) is 47.7 Å². The Bertz CT molecular complexity index is 962. The molecule has 0 aliphatic carbocycles. The van der Waals surface area contributed by atoms with Crippen LogP contribution in [-0.4, -0.2) is 25.0 Å². The molecule has 0 bridgehead atoms. The Balaban J connectivity index is 2.16. The second-order valence-electron chi connectivity index (χ2n) is 5.44. The predicted molar refractivity (Wildman–Crippen MR) is 73.9 cm³/mol. The van der Waals surface area contributed by atoms with E-state index in [0.717, 1.165) is 6.20 Å². The van der Waals surface area contributed by atoms with Crippen molar-refractivity contribution >= 4 is 0 Å². The Kier molecular flexibility index (Phi) is 4.39. The molecule has 3 rings (SSSR count). The molecular weight excluding hydrogens is 409 g/mol. The Morgan fingerprint density at radius 2 is 1.36 bits per heavy atom. The molecule has 3 aromatic rings. The maximum atomic E-state index is 13.0. The molecule has 0 radical (unpaired) electrons. The third kappa shape index (κ3) is 3.80. The van der Waals surface area contributed by atoms with Gasteiger partial charge in [-0.05, 0) is 18.2 Å². The van der Waals surface area contributed by atoms with Crippen molar-refractivity contribution < 1.29 is 39.5 Å². The molecule has 1 aromatic carbocycles. The highest BCUT2D eigenvalue weighted by atomic mass is 19.4. The lowest BCUT2D eigenvalue weighted by molar-refractivity contribution is -0.145. The highest BCUT2D eigenvalue weighted by Gasteiger charge is 2.38. The van der Waals surface area contributed by atoms with Gasteiger partial charge in [0.25, 0.3) is 5.82 Å². The maximum Gasteiger partial charge on any atom is 0.453 e. The van der Waals surface area contributed by atoms with Crippen LogP contribution in [0.25, 0.3) is 16.9 Å². The van der Waals surface area contributed by atoms with E-state index in [-0.39, 0.29) is 11.8 Å². The first-order valence-corrected chi connectivity index (χ1v) is 7.09. The molecule has 28 heavy (non-hydrogen) atoms. The van der Waals surface area contributed by atoms with Crippen molar-refractivity contribution in [3.63, 3.8) is 0 Å². The van der Waals surface area contributed by atoms with Crippen molar-refractivity contribution in [1.29, 1.82) is 0 Å². The van der Waals surface area contributed by atoms with Crippen molar-refractivity contribution in [1.82, 2.24) is 25.0 Å². The van der Waals surface area contributed by atoms with Gasteiger partial charge in [0.15, 0.2) is 0 Å². The lowest BCUT2D eigenvalue weighted by Gasteiger charge is -2.14. The zero-order valence-corrected chi connectivity index (χ0v) is 13.1. The molecule has 1 N–H and O–H groups in total. The van der Waals surface area contributed by atoms with E-state index >= 15 is 0 Å². The number of nitrogens with one attached hydrogen (secondary N) is 1. The molecule has 5 nitrogen and oxygen atoms in total. The third-order valence-electron chi connectivity index (χ3n) is 3.49. The van der Waals surface area contributed by atoms with Crippen LogP contribution in [0.15, 0.2) is 30.7 Å². The number of aromatic amines is 1. The van der Waals surface area contributed by atoms with Gasteiger partial charge in [-0.1, -0.05) is 0 Å². The van der Waals surface area contributed by atoms with Gasteiger partial charge in [0.05, 0.1) is 23.0 Å². The second kappa shape index (κ2) is 6.24. The third-order valence-corrected chi connectivity index (χ3v) is 3.49. The zero-order chi connectivity index (χ0) is 20.9. The van der Waals surface area contributed by atoms with Gasteiger partial charge in [-0.3, -0.25) is 5.10 Å². The molecule has 0 unspecified atom stereocenters. The Labute approximate surface area is 148 Å². The predicted octanol–water partition coefficient (Wildman–Crippen LogP) is 4.71. The fraction of sp³-hybridized carbons (Fsp3) is 0.214. The summed E-state index contributed by atoms with van der Waals surface area (Å²) in [5.74, 6) is -1.54. The van der Waals surface area contributed by atoms with Crippen LogP contribution < -0.4 is 0 Å². The van der Waals surface area contributed by atoms with E-state index in [1.54, 1.807) is 0 Å². The molecule has 14 heteroatoms. The monoisotopic (exact) mass is 415 g/mol. The average molecular weight is 415 g/mol. The first kappa shape index (κ1) is 19.7. The highest BCUT2D eigenvalue weighted by molar-refractivity contribution is 5.70. The molecule has 0 spiro atoms. The molecule has 2 heterocycles. The quantitative estimate of drug-likeness (QED) is 0.617. The summed E-state index contributed by atoms with van der Waals surface area (Å²) in [6, 6.07) is 0.748. The van der Waals surface area contributed by atoms with E-state index < -0.39 is 46.7 Å². The van der Waals surface area contributed by atoms with Gasteiger partial charge < -0.3 is 0 Å². The molecule has 2 aromatic heterocycles. The zero-order valence-electron chi connectivity index (χ0n) is 13.1. The lowest BCUT2D eigenvalue weighted by atomic mass is 10.0. The number of alkyl halides is 9. The van der Waals surface area contributed by atoms with Crippen LogP contribution in [0.2, 0.25) is 0 Å². The van der Waals surface area contributed by atoms with E-state index in [4.69, 9.17) is 0 Å². The highest BCUT2D eigenvalue weighted by Crippen LogP contribution is 2.39. The van der Waals surface area contributed by atoms with Crippen LogP contribution in [-0.2, 0) is 18.5 Å². The molecular formula is C14H6F9N5. The number of rotatable bonds is 2. The Morgan fingerprint density at radius 1 is 0.786 bits per heavy atom. The number of hydrogen-bond donors (Lipinski definition) is 1. The molecule has 0 amide bonds. The number of H-pyrrole nitrogens is 1. The van der Waals surface area contributed by atoms with Crippen LogP contribution in [0.1, 0.15) is 17.0 Å². The minimum atomic E-state index is -5.09. The summed E-state index contributed by atoms with van der Waals surface area (Å²) in [7, 11) is 0. The summed E-state index contributed by atoms with van der Waals surface area (Å²) in [6.07, 6.45) is -13.6. The lowest BCUT2D eigenvalue weighted by Crippen LogP contribution is -2.11. The summed E-state index contributed by atoms with van der Waals surface area (Å²) < 4.78 is 116. The van der Waals surface area contributed by atoms with Gasteiger partial charge in [0, 0.05) is 5.56 Å². The van der Waals surface area contributed by atoms with E-state index in [2.05, 4.69) is 20.3 Å². The number of hydrogen-bond acceptors (Lipinski definition) is 3. The SMILES string of the molecule is FC(F)(F)c1cc(-c2[nH]ncc2-n2cnc(C(F)(F)F)n2)cc(C(F)(F)F)c1. The number of aromatic nitrogens is 5. The Morgan fingerprint density at radius 3 is 1.82 bits per heavy atom.